The molecule has 1 rings (SSSR count). The average molecular weight is 244 g/mol. The third kappa shape index (κ3) is 5.54. The molecule has 0 aliphatic rings. The molecule has 2 nitrogen and oxygen atoms in total. The molecule has 1 aromatic carbocycles. The summed E-state index contributed by atoms with van der Waals surface area (Å²) in [6, 6.07) is 8.24. The van der Waals surface area contributed by atoms with Gasteiger partial charge in [-0.15, -0.1) is 0 Å². The van der Waals surface area contributed by atoms with Crippen molar-refractivity contribution in [3.8, 4) is 11.8 Å². The molecule has 0 spiro atoms. The number of esters is 1. The van der Waals surface area contributed by atoms with Crippen LogP contribution < -0.4 is 0 Å². The van der Waals surface area contributed by atoms with E-state index in [0.717, 1.165) is 12.0 Å². The second-order valence-corrected chi connectivity index (χ2v) is 4.12. The number of unbranched alkanes of at least 4 members (excludes halogenated alkanes) is 1. The van der Waals surface area contributed by atoms with Crippen LogP contribution in [0.3, 0.4) is 0 Å². The minimum atomic E-state index is -0.209. The van der Waals surface area contributed by atoms with Crippen molar-refractivity contribution < 1.29 is 9.53 Å². The van der Waals surface area contributed by atoms with E-state index in [2.05, 4.69) is 30.9 Å². The fourth-order valence-corrected chi connectivity index (χ4v) is 1.49. The molecule has 0 amide bonds. The molecule has 0 aliphatic heterocycles. The lowest BCUT2D eigenvalue weighted by Crippen LogP contribution is -2.01. The van der Waals surface area contributed by atoms with E-state index >= 15 is 0 Å². The van der Waals surface area contributed by atoms with Gasteiger partial charge in [-0.1, -0.05) is 44.2 Å². The number of carbonyl (C=O) groups excluding carboxylic acids is 1. The maximum Gasteiger partial charge on any atom is 0.306 e. The monoisotopic (exact) mass is 244 g/mol. The highest BCUT2D eigenvalue weighted by Crippen LogP contribution is 2.06. The molecule has 0 bridgehead atoms. The van der Waals surface area contributed by atoms with Crippen LogP contribution in [0.5, 0.6) is 0 Å². The summed E-state index contributed by atoms with van der Waals surface area (Å²) in [5, 5.41) is 0. The Morgan fingerprint density at radius 2 is 1.94 bits per heavy atom. The van der Waals surface area contributed by atoms with Crippen molar-refractivity contribution in [2.24, 2.45) is 0 Å². The molecule has 2 heteroatoms. The Morgan fingerprint density at radius 1 is 1.22 bits per heavy atom. The van der Waals surface area contributed by atoms with Gasteiger partial charge in [0.1, 0.15) is 0 Å². The highest BCUT2D eigenvalue weighted by Gasteiger charge is 1.94. The van der Waals surface area contributed by atoms with Gasteiger partial charge in [0.2, 0.25) is 0 Å². The summed E-state index contributed by atoms with van der Waals surface area (Å²) in [6.45, 7) is 4.13. The van der Waals surface area contributed by atoms with Gasteiger partial charge in [-0.2, -0.15) is 0 Å². The molecular weight excluding hydrogens is 224 g/mol. The van der Waals surface area contributed by atoms with E-state index in [0.29, 0.717) is 6.42 Å². The minimum absolute atomic E-state index is 0.171. The third-order valence-electron chi connectivity index (χ3n) is 2.60. The van der Waals surface area contributed by atoms with Gasteiger partial charge < -0.3 is 4.74 Å². The molecule has 0 aliphatic carbocycles. The maximum atomic E-state index is 10.9. The molecule has 0 atom stereocenters. The topological polar surface area (TPSA) is 26.3 Å². The van der Waals surface area contributed by atoms with Crippen molar-refractivity contribution in [1.29, 1.82) is 0 Å². The van der Waals surface area contributed by atoms with Crippen molar-refractivity contribution in [1.82, 2.24) is 0 Å². The molecule has 0 N–H and O–H groups in total. The second-order valence-electron chi connectivity index (χ2n) is 4.12. The molecule has 0 heterocycles. The summed E-state index contributed by atoms with van der Waals surface area (Å²) in [4.78, 5) is 10.9. The quantitative estimate of drug-likeness (QED) is 0.586. The van der Waals surface area contributed by atoms with Gasteiger partial charge in [0.15, 0.2) is 6.61 Å². The summed E-state index contributed by atoms with van der Waals surface area (Å²) in [7, 11) is 0. The first-order valence-corrected chi connectivity index (χ1v) is 6.49. The smallest absolute Gasteiger partial charge is 0.306 e. The second kappa shape index (κ2) is 8.36. The van der Waals surface area contributed by atoms with Crippen molar-refractivity contribution in [3.05, 3.63) is 35.4 Å². The summed E-state index contributed by atoms with van der Waals surface area (Å²) in [6.07, 6.45) is 3.95. The summed E-state index contributed by atoms with van der Waals surface area (Å²) < 4.78 is 4.88. The van der Waals surface area contributed by atoms with Crippen LogP contribution in [0.1, 0.15) is 44.2 Å². The van der Waals surface area contributed by atoms with E-state index in [-0.39, 0.29) is 12.6 Å². The van der Waals surface area contributed by atoms with Gasteiger partial charge in [0, 0.05) is 12.0 Å². The number of hydrogen-bond donors (Lipinski definition) is 0. The van der Waals surface area contributed by atoms with Crippen LogP contribution in [0.2, 0.25) is 0 Å². The zero-order chi connectivity index (χ0) is 13.2. The van der Waals surface area contributed by atoms with Gasteiger partial charge in [0.25, 0.3) is 0 Å². The van der Waals surface area contributed by atoms with Crippen LogP contribution in [0, 0.1) is 11.8 Å². The number of rotatable bonds is 5. The van der Waals surface area contributed by atoms with Crippen molar-refractivity contribution in [3.63, 3.8) is 0 Å². The van der Waals surface area contributed by atoms with E-state index < -0.39 is 0 Å². The molecule has 0 fully saturated rings. The zero-order valence-corrected chi connectivity index (χ0v) is 11.2. The summed E-state index contributed by atoms with van der Waals surface area (Å²) in [5.41, 5.74) is 2.31. The molecule has 1 aromatic rings. The van der Waals surface area contributed by atoms with E-state index in [1.54, 1.807) is 6.92 Å². The molecule has 96 valence electrons. The maximum absolute atomic E-state index is 10.9. The summed E-state index contributed by atoms with van der Waals surface area (Å²) >= 11 is 0. The van der Waals surface area contributed by atoms with Gasteiger partial charge in [-0.25, -0.2) is 0 Å². The van der Waals surface area contributed by atoms with Gasteiger partial charge >= 0.3 is 5.97 Å². The Bertz CT molecular complexity index is 421. The highest BCUT2D eigenvalue weighted by molar-refractivity contribution is 5.69. The number of carbonyl (C=O) groups is 1. The van der Waals surface area contributed by atoms with E-state index in [1.165, 1.54) is 18.4 Å². The molecular formula is C16H20O2. The van der Waals surface area contributed by atoms with Crippen LogP contribution >= 0.6 is 0 Å². The first kappa shape index (κ1) is 14.3. The van der Waals surface area contributed by atoms with Crippen LogP contribution in [0.25, 0.3) is 0 Å². The number of ether oxygens (including phenoxy) is 1. The Labute approximate surface area is 109 Å². The lowest BCUT2D eigenvalue weighted by molar-refractivity contribution is -0.141. The van der Waals surface area contributed by atoms with Crippen LogP contribution in [-0.2, 0) is 16.0 Å². The van der Waals surface area contributed by atoms with Gasteiger partial charge in [0.05, 0.1) is 0 Å². The molecule has 0 saturated heterocycles. The number of benzene rings is 1. The average Bonchev–Trinajstić information content (AvgIpc) is 2.42. The Balaban J connectivity index is 2.43. The lowest BCUT2D eigenvalue weighted by atomic mass is 10.1. The fourth-order valence-electron chi connectivity index (χ4n) is 1.49. The van der Waals surface area contributed by atoms with E-state index in [1.807, 2.05) is 12.1 Å². The van der Waals surface area contributed by atoms with Crippen molar-refractivity contribution in [2.45, 2.75) is 39.5 Å². The molecule has 0 unspecified atom stereocenters. The normalized spacial score (nSPS) is 9.44. The zero-order valence-electron chi connectivity index (χ0n) is 11.2. The molecule has 18 heavy (non-hydrogen) atoms. The Hall–Kier alpha value is -1.75. The van der Waals surface area contributed by atoms with Gasteiger partial charge in [-0.3, -0.25) is 4.79 Å². The first-order valence-electron chi connectivity index (χ1n) is 6.49. The van der Waals surface area contributed by atoms with Gasteiger partial charge in [-0.05, 0) is 30.5 Å². The standard InChI is InChI=1S/C16H20O2/c1-3-5-7-14-9-11-15(12-10-14)8-6-13-18-16(17)4-2/h9-12H,3-5,7,13H2,1-2H3. The predicted molar refractivity (Wildman–Crippen MR) is 73.2 cm³/mol. The minimum Gasteiger partial charge on any atom is -0.452 e. The molecule has 0 aromatic heterocycles. The van der Waals surface area contributed by atoms with Crippen molar-refractivity contribution >= 4 is 5.97 Å². The van der Waals surface area contributed by atoms with Crippen LogP contribution in [-0.4, -0.2) is 12.6 Å². The summed E-state index contributed by atoms with van der Waals surface area (Å²) in [5.74, 6) is 5.61. The largest absolute Gasteiger partial charge is 0.452 e. The van der Waals surface area contributed by atoms with Crippen LogP contribution in [0.15, 0.2) is 24.3 Å². The Kier molecular flexibility index (Phi) is 6.64. The SMILES string of the molecule is CCCCc1ccc(C#CCOC(=O)CC)cc1. The molecule has 0 radical (unpaired) electrons. The third-order valence-corrected chi connectivity index (χ3v) is 2.60. The number of aryl methyl sites for hydroxylation is 1. The predicted octanol–water partition coefficient (Wildman–Crippen LogP) is 3.33. The van der Waals surface area contributed by atoms with Crippen molar-refractivity contribution in [2.75, 3.05) is 6.61 Å². The Morgan fingerprint density at radius 3 is 2.56 bits per heavy atom. The van der Waals surface area contributed by atoms with Crippen LogP contribution in [0.4, 0.5) is 0 Å². The highest BCUT2D eigenvalue weighted by atomic mass is 16.5. The van der Waals surface area contributed by atoms with E-state index in [4.69, 9.17) is 4.74 Å². The fraction of sp³-hybridized carbons (Fsp3) is 0.438. The first-order chi connectivity index (χ1) is 8.76. The lowest BCUT2D eigenvalue weighted by Gasteiger charge is -1.99. The molecule has 0 saturated carbocycles. The van der Waals surface area contributed by atoms with E-state index in [9.17, 15) is 4.79 Å². The number of hydrogen-bond acceptors (Lipinski definition) is 2.